The standard InChI is InChI=1S/C17H23N5O3/c1-17(2,3)25-16(24)22-9-7-11(8-10-22)18-15(23)12-5-4-6-13-14(12)20-21-19-13/h4-6,11H,7-10H2,1-3H3,(H,18,23)(H,19,20,21). The minimum Gasteiger partial charge on any atom is -0.444 e. The van der Waals surface area contributed by atoms with Crippen molar-refractivity contribution in [1.82, 2.24) is 25.6 Å². The molecule has 0 atom stereocenters. The molecule has 0 spiro atoms. The second kappa shape index (κ2) is 6.70. The van der Waals surface area contributed by atoms with Crippen LogP contribution in [0.15, 0.2) is 18.2 Å². The number of hydrogen-bond donors (Lipinski definition) is 2. The molecule has 2 N–H and O–H groups in total. The lowest BCUT2D eigenvalue weighted by molar-refractivity contribution is 0.0199. The molecule has 0 unspecified atom stereocenters. The van der Waals surface area contributed by atoms with E-state index in [4.69, 9.17) is 4.74 Å². The number of benzene rings is 1. The first-order valence-corrected chi connectivity index (χ1v) is 8.42. The molecule has 2 amide bonds. The highest BCUT2D eigenvalue weighted by molar-refractivity contribution is 6.04. The molecule has 0 bridgehead atoms. The number of aromatic amines is 1. The van der Waals surface area contributed by atoms with Crippen LogP contribution in [0, 0.1) is 0 Å². The number of nitrogens with zero attached hydrogens (tertiary/aromatic N) is 3. The largest absolute Gasteiger partial charge is 0.444 e. The Morgan fingerprint density at radius 1 is 1.24 bits per heavy atom. The molecule has 134 valence electrons. The van der Waals surface area contributed by atoms with Crippen LogP contribution in [0.1, 0.15) is 44.0 Å². The van der Waals surface area contributed by atoms with Crippen LogP contribution in [0.4, 0.5) is 4.79 Å². The van der Waals surface area contributed by atoms with Crippen LogP contribution in [0.5, 0.6) is 0 Å². The zero-order valence-electron chi connectivity index (χ0n) is 14.7. The van der Waals surface area contributed by atoms with Gasteiger partial charge in [-0.25, -0.2) is 4.79 Å². The van der Waals surface area contributed by atoms with E-state index >= 15 is 0 Å². The Morgan fingerprint density at radius 2 is 1.96 bits per heavy atom. The van der Waals surface area contributed by atoms with Gasteiger partial charge < -0.3 is 15.0 Å². The first-order valence-electron chi connectivity index (χ1n) is 8.42. The molecule has 2 heterocycles. The normalized spacial score (nSPS) is 16.0. The summed E-state index contributed by atoms with van der Waals surface area (Å²) in [6.45, 7) is 6.68. The zero-order chi connectivity index (χ0) is 18.0. The number of piperidine rings is 1. The number of likely N-dealkylation sites (tertiary alicyclic amines) is 1. The number of fused-ring (bicyclic) bond motifs is 1. The molecule has 0 saturated carbocycles. The molecule has 1 saturated heterocycles. The van der Waals surface area contributed by atoms with Crippen LogP contribution in [0.2, 0.25) is 0 Å². The maximum absolute atomic E-state index is 12.5. The molecule has 0 radical (unpaired) electrons. The maximum atomic E-state index is 12.5. The Bertz CT molecular complexity index is 772. The number of rotatable bonds is 2. The highest BCUT2D eigenvalue weighted by atomic mass is 16.6. The average Bonchev–Trinajstić information content (AvgIpc) is 3.02. The van der Waals surface area contributed by atoms with Crippen molar-refractivity contribution >= 4 is 23.0 Å². The van der Waals surface area contributed by atoms with Crippen molar-refractivity contribution in [1.29, 1.82) is 0 Å². The smallest absolute Gasteiger partial charge is 0.410 e. The van der Waals surface area contributed by atoms with E-state index in [9.17, 15) is 9.59 Å². The molecule has 3 rings (SSSR count). The molecule has 1 fully saturated rings. The predicted molar refractivity (Wildman–Crippen MR) is 92.2 cm³/mol. The van der Waals surface area contributed by atoms with E-state index in [2.05, 4.69) is 20.7 Å². The molecular formula is C17H23N5O3. The number of carbonyl (C=O) groups excluding carboxylic acids is 2. The van der Waals surface area contributed by atoms with Crippen molar-refractivity contribution in [3.8, 4) is 0 Å². The summed E-state index contributed by atoms with van der Waals surface area (Å²) in [5.74, 6) is -0.171. The van der Waals surface area contributed by atoms with E-state index in [1.165, 1.54) is 0 Å². The maximum Gasteiger partial charge on any atom is 0.410 e. The SMILES string of the molecule is CC(C)(C)OC(=O)N1CCC(NC(=O)c2cccc3n[nH]nc23)CC1. The molecule has 25 heavy (non-hydrogen) atoms. The van der Waals surface area contributed by atoms with Gasteiger partial charge in [-0.1, -0.05) is 6.07 Å². The zero-order valence-corrected chi connectivity index (χ0v) is 14.7. The number of para-hydroxylation sites is 1. The van der Waals surface area contributed by atoms with Crippen molar-refractivity contribution in [2.75, 3.05) is 13.1 Å². The lowest BCUT2D eigenvalue weighted by Gasteiger charge is -2.33. The summed E-state index contributed by atoms with van der Waals surface area (Å²) in [6.07, 6.45) is 1.09. The number of nitrogens with one attached hydrogen (secondary N) is 2. The Morgan fingerprint density at radius 3 is 2.64 bits per heavy atom. The summed E-state index contributed by atoms with van der Waals surface area (Å²) in [4.78, 5) is 26.3. The first-order chi connectivity index (χ1) is 11.8. The van der Waals surface area contributed by atoms with Gasteiger partial charge in [-0.3, -0.25) is 4.79 Å². The summed E-state index contributed by atoms with van der Waals surface area (Å²) >= 11 is 0. The minimum absolute atomic E-state index is 0.0216. The van der Waals surface area contributed by atoms with Crippen LogP contribution in [0.3, 0.4) is 0 Å². The monoisotopic (exact) mass is 345 g/mol. The van der Waals surface area contributed by atoms with E-state index in [1.54, 1.807) is 23.1 Å². The summed E-state index contributed by atoms with van der Waals surface area (Å²) in [6, 6.07) is 5.34. The summed E-state index contributed by atoms with van der Waals surface area (Å²) in [5.41, 5.74) is 1.22. The number of hydrogen-bond acceptors (Lipinski definition) is 5. The van der Waals surface area contributed by atoms with E-state index < -0.39 is 5.60 Å². The lowest BCUT2D eigenvalue weighted by atomic mass is 10.0. The van der Waals surface area contributed by atoms with Crippen LogP contribution in [-0.2, 0) is 4.74 Å². The Labute approximate surface area is 145 Å². The molecule has 0 aliphatic carbocycles. The van der Waals surface area contributed by atoms with Gasteiger partial charge in [0.25, 0.3) is 5.91 Å². The van der Waals surface area contributed by atoms with Crippen LogP contribution in [-0.4, -0.2) is 57.0 Å². The Kier molecular flexibility index (Phi) is 4.61. The van der Waals surface area contributed by atoms with Crippen molar-refractivity contribution in [3.63, 3.8) is 0 Å². The molecule has 8 nitrogen and oxygen atoms in total. The third kappa shape index (κ3) is 4.07. The van der Waals surface area contributed by atoms with Crippen LogP contribution < -0.4 is 5.32 Å². The Hall–Kier alpha value is -2.64. The third-order valence-corrected chi connectivity index (χ3v) is 4.07. The van der Waals surface area contributed by atoms with Crippen LogP contribution >= 0.6 is 0 Å². The van der Waals surface area contributed by atoms with Gasteiger partial charge in [0.05, 0.1) is 5.56 Å². The second-order valence-electron chi connectivity index (χ2n) is 7.21. The van der Waals surface area contributed by atoms with Crippen molar-refractivity contribution in [2.45, 2.75) is 45.3 Å². The van der Waals surface area contributed by atoms with Gasteiger partial charge >= 0.3 is 6.09 Å². The van der Waals surface area contributed by atoms with Crippen molar-refractivity contribution in [2.24, 2.45) is 0 Å². The summed E-state index contributed by atoms with van der Waals surface area (Å²) in [5, 5.41) is 13.6. The highest BCUT2D eigenvalue weighted by Gasteiger charge is 2.28. The number of carbonyl (C=O) groups is 2. The molecule has 1 aromatic carbocycles. The van der Waals surface area contributed by atoms with Gasteiger partial charge in [0.15, 0.2) is 0 Å². The Balaban J connectivity index is 1.56. The lowest BCUT2D eigenvalue weighted by Crippen LogP contribution is -2.47. The van der Waals surface area contributed by atoms with Crippen molar-refractivity contribution in [3.05, 3.63) is 23.8 Å². The second-order valence-corrected chi connectivity index (χ2v) is 7.21. The molecular weight excluding hydrogens is 322 g/mol. The van der Waals surface area contributed by atoms with Gasteiger partial charge in [0.2, 0.25) is 0 Å². The minimum atomic E-state index is -0.502. The van der Waals surface area contributed by atoms with Gasteiger partial charge in [-0.15, -0.1) is 0 Å². The summed E-state index contributed by atoms with van der Waals surface area (Å²) in [7, 11) is 0. The number of H-pyrrole nitrogens is 1. The molecule has 1 aliphatic rings. The van der Waals surface area contributed by atoms with Gasteiger partial charge in [0.1, 0.15) is 16.6 Å². The van der Waals surface area contributed by atoms with E-state index in [1.807, 2.05) is 20.8 Å². The predicted octanol–water partition coefficient (Wildman–Crippen LogP) is 2.09. The number of ether oxygens (including phenoxy) is 1. The van der Waals surface area contributed by atoms with Crippen LogP contribution in [0.25, 0.3) is 11.0 Å². The molecule has 1 aliphatic heterocycles. The first kappa shape index (κ1) is 17.2. The fraction of sp³-hybridized carbons (Fsp3) is 0.529. The molecule has 2 aromatic rings. The van der Waals surface area contributed by atoms with Gasteiger partial charge in [0, 0.05) is 19.1 Å². The highest BCUT2D eigenvalue weighted by Crippen LogP contribution is 2.17. The molecule has 1 aromatic heterocycles. The average molecular weight is 345 g/mol. The summed E-state index contributed by atoms with van der Waals surface area (Å²) < 4.78 is 5.38. The fourth-order valence-electron chi connectivity index (χ4n) is 2.85. The number of amides is 2. The van der Waals surface area contributed by atoms with Gasteiger partial charge in [-0.05, 0) is 45.7 Å². The molecule has 8 heteroatoms. The number of aromatic nitrogens is 3. The van der Waals surface area contributed by atoms with E-state index in [-0.39, 0.29) is 18.0 Å². The van der Waals surface area contributed by atoms with E-state index in [0.29, 0.717) is 42.5 Å². The topological polar surface area (TPSA) is 100 Å². The van der Waals surface area contributed by atoms with Gasteiger partial charge in [-0.2, -0.15) is 15.4 Å². The third-order valence-electron chi connectivity index (χ3n) is 4.07. The quantitative estimate of drug-likeness (QED) is 0.868. The van der Waals surface area contributed by atoms with E-state index in [0.717, 1.165) is 0 Å². The fourth-order valence-corrected chi connectivity index (χ4v) is 2.85. The van der Waals surface area contributed by atoms with Crippen molar-refractivity contribution < 1.29 is 14.3 Å².